The molecule has 6 N–H and O–H groups in total. The van der Waals surface area contributed by atoms with Crippen molar-refractivity contribution in [3.05, 3.63) is 0 Å². The van der Waals surface area contributed by atoms with Gasteiger partial charge in [-0.15, -0.1) is 0 Å². The van der Waals surface area contributed by atoms with Crippen LogP contribution in [0.2, 0.25) is 0 Å². The van der Waals surface area contributed by atoms with Crippen LogP contribution in [0, 0.1) is 11.8 Å². The summed E-state index contributed by atoms with van der Waals surface area (Å²) >= 11 is 0. The zero-order chi connectivity index (χ0) is 15.3. The van der Waals surface area contributed by atoms with E-state index in [4.69, 9.17) is 16.6 Å². The minimum Gasteiger partial charge on any atom is -0.481 e. The van der Waals surface area contributed by atoms with Gasteiger partial charge in [0.25, 0.3) is 0 Å². The molecule has 0 spiro atoms. The molecule has 7 heteroatoms. The maximum Gasteiger partial charge on any atom is 0.305 e. The van der Waals surface area contributed by atoms with Gasteiger partial charge in [0.2, 0.25) is 5.91 Å². The maximum absolute atomic E-state index is 12.1. The molecule has 0 aromatic carbocycles. The molecule has 114 valence electrons. The SMILES string of the molecule is C[C@H](N)NC(=O)C1CCCC(C(=O)[C@@H](N)CC(=O)O)C1. The molecule has 0 radical (unpaired) electrons. The Hall–Kier alpha value is -1.47. The summed E-state index contributed by atoms with van der Waals surface area (Å²) < 4.78 is 0. The molecule has 2 unspecified atom stereocenters. The molecule has 0 aliphatic heterocycles. The Morgan fingerprint density at radius 3 is 2.40 bits per heavy atom. The van der Waals surface area contributed by atoms with E-state index < -0.39 is 18.2 Å². The second-order valence-corrected chi connectivity index (χ2v) is 5.46. The smallest absolute Gasteiger partial charge is 0.305 e. The molecule has 1 aliphatic carbocycles. The van der Waals surface area contributed by atoms with Crippen molar-refractivity contribution in [2.75, 3.05) is 0 Å². The molecule has 0 saturated heterocycles. The zero-order valence-corrected chi connectivity index (χ0v) is 11.7. The van der Waals surface area contributed by atoms with E-state index in [0.29, 0.717) is 12.8 Å². The molecule has 0 aromatic rings. The predicted molar refractivity (Wildman–Crippen MR) is 72.5 cm³/mol. The third-order valence-corrected chi connectivity index (χ3v) is 3.58. The number of carbonyl (C=O) groups is 3. The van der Waals surface area contributed by atoms with E-state index in [1.54, 1.807) is 6.92 Å². The lowest BCUT2D eigenvalue weighted by molar-refractivity contribution is -0.140. The highest BCUT2D eigenvalue weighted by molar-refractivity contribution is 5.90. The molecule has 0 aromatic heterocycles. The number of carboxylic acid groups (broad SMARTS) is 1. The average molecular weight is 285 g/mol. The number of hydrogen-bond acceptors (Lipinski definition) is 5. The number of nitrogens with one attached hydrogen (secondary N) is 1. The first-order chi connectivity index (χ1) is 9.31. The van der Waals surface area contributed by atoms with E-state index in [9.17, 15) is 14.4 Å². The normalized spacial score (nSPS) is 25.6. The first-order valence-corrected chi connectivity index (χ1v) is 6.88. The van der Waals surface area contributed by atoms with Crippen molar-refractivity contribution in [3.63, 3.8) is 0 Å². The number of ketones is 1. The fourth-order valence-electron chi connectivity index (χ4n) is 2.62. The van der Waals surface area contributed by atoms with Gasteiger partial charge in [-0.25, -0.2) is 0 Å². The average Bonchev–Trinajstić information content (AvgIpc) is 2.36. The topological polar surface area (TPSA) is 136 Å². The van der Waals surface area contributed by atoms with E-state index in [0.717, 1.165) is 12.8 Å². The van der Waals surface area contributed by atoms with Crippen molar-refractivity contribution in [1.29, 1.82) is 0 Å². The van der Waals surface area contributed by atoms with Gasteiger partial charge in [-0.2, -0.15) is 0 Å². The fourth-order valence-corrected chi connectivity index (χ4v) is 2.62. The van der Waals surface area contributed by atoms with Crippen molar-refractivity contribution >= 4 is 17.7 Å². The first-order valence-electron chi connectivity index (χ1n) is 6.88. The highest BCUT2D eigenvalue weighted by Crippen LogP contribution is 2.30. The lowest BCUT2D eigenvalue weighted by Crippen LogP contribution is -2.45. The van der Waals surface area contributed by atoms with Crippen LogP contribution in [-0.2, 0) is 14.4 Å². The van der Waals surface area contributed by atoms with Gasteiger partial charge in [0.15, 0.2) is 5.78 Å². The first kappa shape index (κ1) is 16.6. The largest absolute Gasteiger partial charge is 0.481 e. The van der Waals surface area contributed by atoms with Crippen LogP contribution in [0.3, 0.4) is 0 Å². The number of carboxylic acids is 1. The van der Waals surface area contributed by atoms with Crippen LogP contribution in [0.5, 0.6) is 0 Å². The molecule has 1 fully saturated rings. The molecule has 7 nitrogen and oxygen atoms in total. The summed E-state index contributed by atoms with van der Waals surface area (Å²) in [5.74, 6) is -2.08. The van der Waals surface area contributed by atoms with Crippen LogP contribution >= 0.6 is 0 Å². The van der Waals surface area contributed by atoms with E-state index in [1.807, 2.05) is 0 Å². The molecule has 0 heterocycles. The van der Waals surface area contributed by atoms with Crippen LogP contribution in [0.25, 0.3) is 0 Å². The predicted octanol–water partition coefficient (Wildman–Crippen LogP) is -0.415. The second-order valence-electron chi connectivity index (χ2n) is 5.46. The van der Waals surface area contributed by atoms with Crippen molar-refractivity contribution in [3.8, 4) is 0 Å². The number of rotatable bonds is 6. The van der Waals surface area contributed by atoms with Gasteiger partial charge in [-0.1, -0.05) is 6.42 Å². The van der Waals surface area contributed by atoms with E-state index in [2.05, 4.69) is 5.32 Å². The van der Waals surface area contributed by atoms with Gasteiger partial charge in [0.05, 0.1) is 18.6 Å². The summed E-state index contributed by atoms with van der Waals surface area (Å²) in [4.78, 5) is 34.6. The van der Waals surface area contributed by atoms with E-state index in [-0.39, 0.29) is 29.9 Å². The van der Waals surface area contributed by atoms with Gasteiger partial charge >= 0.3 is 5.97 Å². The highest BCUT2D eigenvalue weighted by Gasteiger charge is 2.33. The fraction of sp³-hybridized carbons (Fsp3) is 0.769. The molecular weight excluding hydrogens is 262 g/mol. The maximum atomic E-state index is 12.1. The Kier molecular flexibility index (Phi) is 6.09. The van der Waals surface area contributed by atoms with Crippen LogP contribution in [0.4, 0.5) is 0 Å². The molecule has 1 rings (SSSR count). The van der Waals surface area contributed by atoms with Gasteiger partial charge in [0.1, 0.15) is 0 Å². The summed E-state index contributed by atoms with van der Waals surface area (Å²) in [6, 6.07) is -0.993. The van der Waals surface area contributed by atoms with Crippen LogP contribution in [-0.4, -0.2) is 35.0 Å². The minimum atomic E-state index is -1.09. The monoisotopic (exact) mass is 285 g/mol. The minimum absolute atomic E-state index is 0.149. The number of nitrogens with two attached hydrogens (primary N) is 2. The summed E-state index contributed by atoms with van der Waals surface area (Å²) in [6.45, 7) is 1.67. The number of Topliss-reactive ketones (excluding diaryl/α,β-unsaturated/α-hetero) is 1. The number of aliphatic carboxylic acids is 1. The molecule has 0 bridgehead atoms. The van der Waals surface area contributed by atoms with E-state index >= 15 is 0 Å². The Labute approximate surface area is 118 Å². The summed E-state index contributed by atoms with van der Waals surface area (Å²) in [5, 5.41) is 11.3. The molecule has 20 heavy (non-hydrogen) atoms. The lowest BCUT2D eigenvalue weighted by Gasteiger charge is -2.29. The highest BCUT2D eigenvalue weighted by atomic mass is 16.4. The molecule has 1 saturated carbocycles. The number of amides is 1. The molecular formula is C13H23N3O4. The number of carbonyl (C=O) groups excluding carboxylic acids is 2. The summed E-state index contributed by atoms with van der Waals surface area (Å²) in [7, 11) is 0. The zero-order valence-electron chi connectivity index (χ0n) is 11.7. The van der Waals surface area contributed by atoms with Crippen LogP contribution in [0.15, 0.2) is 0 Å². The van der Waals surface area contributed by atoms with Gasteiger partial charge in [-0.05, 0) is 26.2 Å². The Morgan fingerprint density at radius 2 is 1.85 bits per heavy atom. The van der Waals surface area contributed by atoms with Crippen molar-refractivity contribution in [2.24, 2.45) is 23.3 Å². The Morgan fingerprint density at radius 1 is 1.25 bits per heavy atom. The van der Waals surface area contributed by atoms with Crippen LogP contribution < -0.4 is 16.8 Å². The molecule has 1 amide bonds. The van der Waals surface area contributed by atoms with Gasteiger partial charge in [-0.3, -0.25) is 14.4 Å². The van der Waals surface area contributed by atoms with E-state index in [1.165, 1.54) is 0 Å². The third-order valence-electron chi connectivity index (χ3n) is 3.58. The summed E-state index contributed by atoms with van der Waals surface area (Å²) in [6.07, 6.45) is 1.77. The Bertz CT molecular complexity index is 384. The van der Waals surface area contributed by atoms with Crippen molar-refractivity contribution in [1.82, 2.24) is 5.32 Å². The quantitative estimate of drug-likeness (QED) is 0.490. The lowest BCUT2D eigenvalue weighted by atomic mass is 9.77. The van der Waals surface area contributed by atoms with Gasteiger partial charge < -0.3 is 21.9 Å². The molecule has 1 aliphatic rings. The summed E-state index contributed by atoms with van der Waals surface area (Å²) in [5.41, 5.74) is 11.1. The number of hydrogen-bond donors (Lipinski definition) is 4. The second kappa shape index (κ2) is 7.35. The Balaban J connectivity index is 2.57. The standard InChI is InChI=1S/C13H23N3O4/c1-7(14)16-13(20)9-4-2-3-8(5-9)12(19)10(15)6-11(17)18/h7-10H,2-6,14-15H2,1H3,(H,16,20)(H,17,18)/t7-,8?,9?,10+/m1/s1. The third kappa shape index (κ3) is 4.90. The van der Waals surface area contributed by atoms with Crippen molar-refractivity contribution < 1.29 is 19.5 Å². The van der Waals surface area contributed by atoms with Crippen molar-refractivity contribution in [2.45, 2.75) is 51.2 Å². The van der Waals surface area contributed by atoms with Gasteiger partial charge in [0, 0.05) is 11.8 Å². The molecule has 4 atom stereocenters. The van der Waals surface area contributed by atoms with Crippen LogP contribution in [0.1, 0.15) is 39.0 Å².